The Kier molecular flexibility index (Phi) is 4.49. The molecule has 0 bridgehead atoms. The Bertz CT molecular complexity index is 654. The van der Waals surface area contributed by atoms with E-state index in [0.29, 0.717) is 13.0 Å². The number of nitrogens with one attached hydrogen (secondary N) is 2. The quantitative estimate of drug-likeness (QED) is 0.908. The van der Waals surface area contributed by atoms with Gasteiger partial charge in [-0.05, 0) is 41.7 Å². The van der Waals surface area contributed by atoms with E-state index in [-0.39, 0.29) is 17.8 Å². The van der Waals surface area contributed by atoms with E-state index in [1.807, 2.05) is 12.1 Å². The summed E-state index contributed by atoms with van der Waals surface area (Å²) in [6.07, 6.45) is 1.42. The summed E-state index contributed by atoms with van der Waals surface area (Å²) in [5, 5.41) is 6.22. The van der Waals surface area contributed by atoms with Crippen LogP contribution >= 0.6 is 0 Å². The second kappa shape index (κ2) is 6.71. The molecule has 1 amide bonds. The van der Waals surface area contributed by atoms with Gasteiger partial charge in [-0.3, -0.25) is 4.79 Å². The lowest BCUT2D eigenvalue weighted by Gasteiger charge is -2.25. The van der Waals surface area contributed by atoms with Crippen LogP contribution in [0.1, 0.15) is 16.7 Å². The predicted molar refractivity (Wildman–Crippen MR) is 83.9 cm³/mol. The Balaban J connectivity index is 1.50. The van der Waals surface area contributed by atoms with Crippen LogP contribution in [-0.2, 0) is 24.2 Å². The highest BCUT2D eigenvalue weighted by Gasteiger charge is 2.23. The van der Waals surface area contributed by atoms with Crippen LogP contribution < -0.4 is 10.6 Å². The topological polar surface area (TPSA) is 41.1 Å². The summed E-state index contributed by atoms with van der Waals surface area (Å²) in [6.45, 7) is 1.29. The summed E-state index contributed by atoms with van der Waals surface area (Å²) in [5.41, 5.74) is 3.52. The van der Waals surface area contributed by atoms with Gasteiger partial charge in [-0.15, -0.1) is 0 Å². The number of hydrogen-bond donors (Lipinski definition) is 2. The van der Waals surface area contributed by atoms with Crippen LogP contribution in [0.25, 0.3) is 0 Å². The van der Waals surface area contributed by atoms with Gasteiger partial charge >= 0.3 is 0 Å². The summed E-state index contributed by atoms with van der Waals surface area (Å²) in [7, 11) is 0. The molecule has 2 N–H and O–H groups in total. The van der Waals surface area contributed by atoms with Crippen molar-refractivity contribution < 1.29 is 9.18 Å². The van der Waals surface area contributed by atoms with Crippen LogP contribution in [0.3, 0.4) is 0 Å². The molecule has 0 unspecified atom stereocenters. The molecule has 114 valence electrons. The Morgan fingerprint density at radius 3 is 2.64 bits per heavy atom. The molecule has 22 heavy (non-hydrogen) atoms. The molecule has 1 atom stereocenters. The first-order chi connectivity index (χ1) is 10.7. The van der Waals surface area contributed by atoms with Crippen LogP contribution in [0, 0.1) is 5.82 Å². The molecule has 0 saturated heterocycles. The molecular formula is C18H19FN2O. The van der Waals surface area contributed by atoms with Crippen molar-refractivity contribution in [3.63, 3.8) is 0 Å². The van der Waals surface area contributed by atoms with E-state index >= 15 is 0 Å². The van der Waals surface area contributed by atoms with Crippen molar-refractivity contribution >= 4 is 5.91 Å². The third-order valence-electron chi connectivity index (χ3n) is 4.02. The summed E-state index contributed by atoms with van der Waals surface area (Å²) in [6, 6.07) is 14.4. The average molecular weight is 298 g/mol. The van der Waals surface area contributed by atoms with E-state index in [1.165, 1.54) is 23.3 Å². The van der Waals surface area contributed by atoms with Crippen LogP contribution in [0.2, 0.25) is 0 Å². The highest BCUT2D eigenvalue weighted by Crippen LogP contribution is 2.16. The number of fused-ring (bicyclic) bond motifs is 1. The molecule has 1 aliphatic heterocycles. The maximum atomic E-state index is 12.8. The fraction of sp³-hybridized carbons (Fsp3) is 0.278. The number of hydrogen-bond acceptors (Lipinski definition) is 2. The molecular weight excluding hydrogens is 279 g/mol. The molecule has 3 rings (SSSR count). The minimum atomic E-state index is -0.238. The van der Waals surface area contributed by atoms with E-state index < -0.39 is 0 Å². The van der Waals surface area contributed by atoms with Crippen molar-refractivity contribution in [1.82, 2.24) is 10.6 Å². The van der Waals surface area contributed by atoms with Crippen molar-refractivity contribution in [2.75, 3.05) is 6.54 Å². The van der Waals surface area contributed by atoms with E-state index in [9.17, 15) is 9.18 Å². The zero-order valence-corrected chi connectivity index (χ0v) is 12.3. The van der Waals surface area contributed by atoms with Crippen molar-refractivity contribution in [3.8, 4) is 0 Å². The second-order valence-corrected chi connectivity index (χ2v) is 5.57. The molecule has 2 aromatic carbocycles. The van der Waals surface area contributed by atoms with Gasteiger partial charge in [-0.2, -0.15) is 0 Å². The average Bonchev–Trinajstić information content (AvgIpc) is 2.56. The Morgan fingerprint density at radius 1 is 1.14 bits per heavy atom. The van der Waals surface area contributed by atoms with E-state index in [1.54, 1.807) is 12.1 Å². The van der Waals surface area contributed by atoms with Gasteiger partial charge in [0.1, 0.15) is 5.82 Å². The summed E-state index contributed by atoms with van der Waals surface area (Å²) in [4.78, 5) is 12.2. The highest BCUT2D eigenvalue weighted by atomic mass is 19.1. The molecule has 0 spiro atoms. The van der Waals surface area contributed by atoms with Crippen molar-refractivity contribution in [1.29, 1.82) is 0 Å². The molecule has 3 nitrogen and oxygen atoms in total. The predicted octanol–water partition coefficient (Wildman–Crippen LogP) is 2.20. The fourth-order valence-electron chi connectivity index (χ4n) is 2.74. The van der Waals surface area contributed by atoms with Crippen LogP contribution in [-0.4, -0.2) is 18.5 Å². The number of rotatable bonds is 4. The molecule has 0 aromatic heterocycles. The van der Waals surface area contributed by atoms with Crippen molar-refractivity contribution in [3.05, 3.63) is 71.0 Å². The van der Waals surface area contributed by atoms with Gasteiger partial charge in [-0.1, -0.05) is 36.4 Å². The molecule has 0 aliphatic carbocycles. The van der Waals surface area contributed by atoms with Gasteiger partial charge in [0.25, 0.3) is 0 Å². The third-order valence-corrected chi connectivity index (χ3v) is 4.02. The van der Waals surface area contributed by atoms with Crippen LogP contribution in [0.15, 0.2) is 48.5 Å². The maximum Gasteiger partial charge on any atom is 0.237 e. The van der Waals surface area contributed by atoms with E-state index in [4.69, 9.17) is 0 Å². The van der Waals surface area contributed by atoms with Crippen molar-refractivity contribution in [2.24, 2.45) is 0 Å². The lowest BCUT2D eigenvalue weighted by atomic mass is 9.95. The second-order valence-electron chi connectivity index (χ2n) is 5.57. The first kappa shape index (κ1) is 14.7. The largest absolute Gasteiger partial charge is 0.354 e. The fourth-order valence-corrected chi connectivity index (χ4v) is 2.74. The standard InChI is InChI=1S/C18H19FN2O/c19-16-7-5-13(6-8-16)9-10-20-18(22)17-11-14-3-1-2-4-15(14)12-21-17/h1-8,17,21H,9-12H2,(H,20,22)/t17-/m0/s1. The third kappa shape index (κ3) is 3.52. The van der Waals surface area contributed by atoms with Gasteiger partial charge in [-0.25, -0.2) is 4.39 Å². The zero-order chi connectivity index (χ0) is 15.4. The van der Waals surface area contributed by atoms with E-state index in [0.717, 1.165) is 18.5 Å². The first-order valence-corrected chi connectivity index (χ1v) is 7.55. The molecule has 2 aromatic rings. The number of amides is 1. The molecule has 0 saturated carbocycles. The van der Waals surface area contributed by atoms with Gasteiger partial charge in [0.05, 0.1) is 6.04 Å². The lowest BCUT2D eigenvalue weighted by molar-refractivity contribution is -0.123. The molecule has 0 radical (unpaired) electrons. The van der Waals surface area contributed by atoms with Gasteiger partial charge in [0.2, 0.25) is 5.91 Å². The van der Waals surface area contributed by atoms with Crippen LogP contribution in [0.5, 0.6) is 0 Å². The Hall–Kier alpha value is -2.20. The number of benzene rings is 2. The van der Waals surface area contributed by atoms with Gasteiger partial charge in [0, 0.05) is 13.1 Å². The zero-order valence-electron chi connectivity index (χ0n) is 12.3. The summed E-state index contributed by atoms with van der Waals surface area (Å²) in [5.74, 6) is -0.213. The van der Waals surface area contributed by atoms with Crippen molar-refractivity contribution in [2.45, 2.75) is 25.4 Å². The van der Waals surface area contributed by atoms with Gasteiger partial charge < -0.3 is 10.6 Å². The summed E-state index contributed by atoms with van der Waals surface area (Å²) >= 11 is 0. The van der Waals surface area contributed by atoms with Gasteiger partial charge in [0.15, 0.2) is 0 Å². The smallest absolute Gasteiger partial charge is 0.237 e. The minimum absolute atomic E-state index is 0.0246. The molecule has 4 heteroatoms. The molecule has 1 aliphatic rings. The number of halogens is 1. The summed E-state index contributed by atoms with van der Waals surface area (Å²) < 4.78 is 12.8. The first-order valence-electron chi connectivity index (χ1n) is 7.55. The van der Waals surface area contributed by atoms with Crippen LogP contribution in [0.4, 0.5) is 4.39 Å². The molecule has 0 fully saturated rings. The number of carbonyl (C=O) groups excluding carboxylic acids is 1. The Morgan fingerprint density at radius 2 is 1.86 bits per heavy atom. The monoisotopic (exact) mass is 298 g/mol. The minimum Gasteiger partial charge on any atom is -0.354 e. The SMILES string of the molecule is O=C(NCCc1ccc(F)cc1)[C@@H]1Cc2ccccc2CN1. The normalized spacial score (nSPS) is 16.9. The Labute approximate surface area is 129 Å². The lowest BCUT2D eigenvalue weighted by Crippen LogP contribution is -2.48. The van der Waals surface area contributed by atoms with E-state index in [2.05, 4.69) is 22.8 Å². The maximum absolute atomic E-state index is 12.8. The highest BCUT2D eigenvalue weighted by molar-refractivity contribution is 5.82. The molecule has 1 heterocycles. The number of carbonyl (C=O) groups is 1.